The summed E-state index contributed by atoms with van der Waals surface area (Å²) in [7, 11) is 0. The zero-order valence-corrected chi connectivity index (χ0v) is 15.5. The third-order valence-corrected chi connectivity index (χ3v) is 4.71. The first kappa shape index (κ1) is 20.2. The molecule has 1 aliphatic heterocycles. The Morgan fingerprint density at radius 1 is 1.35 bits per heavy atom. The largest absolute Gasteiger partial charge is 0.355 e. The molecule has 1 aliphatic rings. The zero-order valence-electron chi connectivity index (χ0n) is 12.3. The lowest BCUT2D eigenvalue weighted by molar-refractivity contribution is -0.120. The van der Waals surface area contributed by atoms with Gasteiger partial charge in [0.15, 0.2) is 0 Å². The minimum Gasteiger partial charge on any atom is -0.355 e. The van der Waals surface area contributed by atoms with E-state index in [2.05, 4.69) is 15.6 Å². The molecule has 0 saturated carbocycles. The molecule has 0 aliphatic carbocycles. The van der Waals surface area contributed by atoms with Gasteiger partial charge in [-0.15, -0.1) is 36.2 Å². The van der Waals surface area contributed by atoms with E-state index in [1.165, 1.54) is 11.3 Å². The van der Waals surface area contributed by atoms with E-state index in [1.54, 1.807) is 0 Å². The molecule has 2 aromatic rings. The fourth-order valence-electron chi connectivity index (χ4n) is 2.12. The van der Waals surface area contributed by atoms with Crippen molar-refractivity contribution in [2.45, 2.75) is 6.42 Å². The molecule has 23 heavy (non-hydrogen) atoms. The van der Waals surface area contributed by atoms with Crippen LogP contribution in [-0.2, 0) is 11.2 Å². The first-order valence-corrected chi connectivity index (χ1v) is 8.15. The van der Waals surface area contributed by atoms with Crippen molar-refractivity contribution in [2.24, 2.45) is 5.92 Å². The van der Waals surface area contributed by atoms with Crippen LogP contribution in [0.15, 0.2) is 29.6 Å². The number of hydrogen-bond donors (Lipinski definition) is 2. The Hall–Kier alpha value is -0.850. The van der Waals surface area contributed by atoms with Gasteiger partial charge < -0.3 is 10.6 Å². The lowest BCUT2D eigenvalue weighted by Crippen LogP contribution is -2.48. The lowest BCUT2D eigenvalue weighted by atomic mass is 10.0. The monoisotopic (exact) mass is 393 g/mol. The molecule has 1 aromatic carbocycles. The predicted molar refractivity (Wildman–Crippen MR) is 100 cm³/mol. The molecule has 3 rings (SSSR count). The fourth-order valence-corrected chi connectivity index (χ4v) is 3.26. The lowest BCUT2D eigenvalue weighted by Gasteiger charge is -2.26. The van der Waals surface area contributed by atoms with E-state index in [0.29, 0.717) is 17.4 Å². The first-order valence-electron chi connectivity index (χ1n) is 6.89. The summed E-state index contributed by atoms with van der Waals surface area (Å²) in [5.74, 6) is 0.598. The fraction of sp³-hybridized carbons (Fsp3) is 0.333. The Kier molecular flexibility index (Phi) is 8.29. The topological polar surface area (TPSA) is 54.0 Å². The number of nitrogens with zero attached hydrogens (tertiary/aromatic N) is 1. The highest BCUT2D eigenvalue weighted by Gasteiger charge is 2.17. The normalized spacial score (nSPS) is 13.4. The van der Waals surface area contributed by atoms with E-state index in [4.69, 9.17) is 11.6 Å². The van der Waals surface area contributed by atoms with Gasteiger partial charge in [-0.1, -0.05) is 29.8 Å². The molecular formula is C15H18Cl3N3OS. The van der Waals surface area contributed by atoms with E-state index >= 15 is 0 Å². The minimum atomic E-state index is 0. The standard InChI is InChI=1S/C15H16ClN3OS.2ClH/c16-13-4-2-1-3-12(13)15-19-11(9-21-15)5-14(20)18-8-10-6-17-7-10;;/h1-4,9-10,17H,5-8H2,(H,18,20);2*1H. The van der Waals surface area contributed by atoms with Crippen LogP contribution in [0.4, 0.5) is 0 Å². The van der Waals surface area contributed by atoms with Crippen molar-refractivity contribution in [2.75, 3.05) is 19.6 Å². The molecule has 0 radical (unpaired) electrons. The average Bonchev–Trinajstić information content (AvgIpc) is 2.85. The van der Waals surface area contributed by atoms with E-state index < -0.39 is 0 Å². The smallest absolute Gasteiger partial charge is 0.226 e. The summed E-state index contributed by atoms with van der Waals surface area (Å²) >= 11 is 7.68. The summed E-state index contributed by atoms with van der Waals surface area (Å²) in [5.41, 5.74) is 1.70. The molecule has 2 N–H and O–H groups in total. The Labute approximate surface area is 156 Å². The van der Waals surface area contributed by atoms with E-state index in [-0.39, 0.29) is 30.7 Å². The highest BCUT2D eigenvalue weighted by Crippen LogP contribution is 2.30. The summed E-state index contributed by atoms with van der Waals surface area (Å²) in [6.07, 6.45) is 0.321. The maximum Gasteiger partial charge on any atom is 0.226 e. The third kappa shape index (κ3) is 5.33. The van der Waals surface area contributed by atoms with Crippen LogP contribution in [0.1, 0.15) is 5.69 Å². The third-order valence-electron chi connectivity index (χ3n) is 3.45. The second kappa shape index (κ2) is 9.45. The van der Waals surface area contributed by atoms with E-state index in [9.17, 15) is 4.79 Å². The number of amides is 1. The van der Waals surface area contributed by atoms with Gasteiger partial charge in [-0.05, 0) is 6.07 Å². The molecular weight excluding hydrogens is 377 g/mol. The first-order chi connectivity index (χ1) is 10.2. The minimum absolute atomic E-state index is 0. The van der Waals surface area contributed by atoms with Gasteiger partial charge in [0.05, 0.1) is 17.1 Å². The van der Waals surface area contributed by atoms with Crippen molar-refractivity contribution in [3.8, 4) is 10.6 Å². The average molecular weight is 395 g/mol. The summed E-state index contributed by atoms with van der Waals surface area (Å²) < 4.78 is 0. The van der Waals surface area contributed by atoms with Crippen molar-refractivity contribution in [1.82, 2.24) is 15.6 Å². The van der Waals surface area contributed by atoms with Gasteiger partial charge in [0, 0.05) is 36.5 Å². The Morgan fingerprint density at radius 3 is 2.74 bits per heavy atom. The van der Waals surface area contributed by atoms with Crippen LogP contribution in [0.25, 0.3) is 10.6 Å². The molecule has 0 bridgehead atoms. The SMILES string of the molecule is Cl.Cl.O=C(Cc1csc(-c2ccccc2Cl)n1)NCC1CNC1. The number of nitrogens with one attached hydrogen (secondary N) is 2. The van der Waals surface area contributed by atoms with Gasteiger partial charge in [-0.25, -0.2) is 4.98 Å². The number of benzene rings is 1. The second-order valence-electron chi connectivity index (χ2n) is 5.13. The van der Waals surface area contributed by atoms with Crippen molar-refractivity contribution in [3.05, 3.63) is 40.4 Å². The van der Waals surface area contributed by atoms with Crippen LogP contribution in [0.3, 0.4) is 0 Å². The van der Waals surface area contributed by atoms with Gasteiger partial charge in [0.25, 0.3) is 0 Å². The zero-order chi connectivity index (χ0) is 14.7. The molecule has 8 heteroatoms. The molecule has 1 aromatic heterocycles. The highest BCUT2D eigenvalue weighted by molar-refractivity contribution is 7.13. The number of rotatable bonds is 5. The van der Waals surface area contributed by atoms with Crippen LogP contribution in [0.2, 0.25) is 5.02 Å². The number of aromatic nitrogens is 1. The number of halogens is 3. The van der Waals surface area contributed by atoms with Crippen LogP contribution in [-0.4, -0.2) is 30.5 Å². The quantitative estimate of drug-likeness (QED) is 0.819. The number of carbonyl (C=O) groups excluding carboxylic acids is 1. The molecule has 126 valence electrons. The van der Waals surface area contributed by atoms with Crippen molar-refractivity contribution in [3.63, 3.8) is 0 Å². The number of carbonyl (C=O) groups is 1. The summed E-state index contributed by atoms with van der Waals surface area (Å²) in [5, 5.41) is 9.59. The number of hydrogen-bond acceptors (Lipinski definition) is 4. The molecule has 0 atom stereocenters. The molecule has 2 heterocycles. The molecule has 1 amide bonds. The van der Waals surface area contributed by atoms with E-state index in [0.717, 1.165) is 35.9 Å². The second-order valence-corrected chi connectivity index (χ2v) is 6.39. The molecule has 1 fully saturated rings. The molecule has 0 spiro atoms. The van der Waals surface area contributed by atoms with Gasteiger partial charge in [-0.2, -0.15) is 0 Å². The van der Waals surface area contributed by atoms with Gasteiger partial charge in [0.1, 0.15) is 5.01 Å². The van der Waals surface area contributed by atoms with Crippen molar-refractivity contribution >= 4 is 53.7 Å². The van der Waals surface area contributed by atoms with Crippen molar-refractivity contribution < 1.29 is 4.79 Å². The molecule has 0 unspecified atom stereocenters. The maximum absolute atomic E-state index is 11.9. The Balaban J connectivity index is 0.00000132. The number of thiazole rings is 1. The van der Waals surface area contributed by atoms with Gasteiger partial charge in [-0.3, -0.25) is 4.79 Å². The van der Waals surface area contributed by atoms with Crippen LogP contribution >= 0.6 is 47.8 Å². The highest BCUT2D eigenvalue weighted by atomic mass is 35.5. The van der Waals surface area contributed by atoms with Crippen molar-refractivity contribution in [1.29, 1.82) is 0 Å². The van der Waals surface area contributed by atoms with E-state index in [1.807, 2.05) is 29.6 Å². The summed E-state index contributed by atoms with van der Waals surface area (Å²) in [6, 6.07) is 7.61. The summed E-state index contributed by atoms with van der Waals surface area (Å²) in [6.45, 7) is 2.73. The van der Waals surface area contributed by atoms with Crippen LogP contribution in [0.5, 0.6) is 0 Å². The Morgan fingerprint density at radius 2 is 2.09 bits per heavy atom. The van der Waals surface area contributed by atoms with Gasteiger partial charge >= 0.3 is 0 Å². The van der Waals surface area contributed by atoms with Gasteiger partial charge in [0.2, 0.25) is 5.91 Å². The molecule has 1 saturated heterocycles. The van der Waals surface area contributed by atoms with Crippen LogP contribution in [0, 0.1) is 5.92 Å². The molecule has 4 nitrogen and oxygen atoms in total. The van der Waals surface area contributed by atoms with Crippen LogP contribution < -0.4 is 10.6 Å². The summed E-state index contributed by atoms with van der Waals surface area (Å²) in [4.78, 5) is 16.4. The Bertz CT molecular complexity index is 646. The maximum atomic E-state index is 11.9. The predicted octanol–water partition coefficient (Wildman–Crippen LogP) is 3.19.